The Morgan fingerprint density at radius 2 is 1.86 bits per heavy atom. The normalized spacial score (nSPS) is 20.5. The van der Waals surface area contributed by atoms with E-state index in [-0.39, 0.29) is 18.9 Å². The minimum Gasteiger partial charge on any atom is -0.388 e. The number of aliphatic hydroxyl groups is 2. The molecule has 0 aromatic heterocycles. The quantitative estimate of drug-likeness (QED) is 0.778. The first-order valence-corrected chi connectivity index (χ1v) is 7.68. The van der Waals surface area contributed by atoms with E-state index in [2.05, 4.69) is 5.32 Å². The lowest BCUT2D eigenvalue weighted by Gasteiger charge is -2.32. The number of carbonyl (C=O) groups excluding carboxylic acids is 1. The molecule has 0 radical (unpaired) electrons. The highest BCUT2D eigenvalue weighted by Crippen LogP contribution is 2.28. The molecule has 1 amide bonds. The fraction of sp³-hybridized carbons (Fsp3) is 0.588. The first-order valence-electron chi connectivity index (χ1n) is 7.68. The summed E-state index contributed by atoms with van der Waals surface area (Å²) in [6, 6.07) is 9.17. The predicted molar refractivity (Wildman–Crippen MR) is 81.7 cm³/mol. The van der Waals surface area contributed by atoms with Crippen LogP contribution in [-0.2, 0) is 10.4 Å². The van der Waals surface area contributed by atoms with E-state index in [1.807, 2.05) is 30.3 Å². The Labute approximate surface area is 126 Å². The zero-order valence-electron chi connectivity index (χ0n) is 12.6. The number of rotatable bonds is 5. The molecule has 0 heterocycles. The largest absolute Gasteiger partial charge is 0.388 e. The maximum absolute atomic E-state index is 12.0. The molecule has 1 fully saturated rings. The van der Waals surface area contributed by atoms with Crippen LogP contribution in [-0.4, -0.2) is 28.3 Å². The fourth-order valence-corrected chi connectivity index (χ4v) is 2.92. The van der Waals surface area contributed by atoms with Crippen molar-refractivity contribution in [3.05, 3.63) is 35.9 Å². The van der Waals surface area contributed by atoms with Crippen molar-refractivity contribution in [3.63, 3.8) is 0 Å². The zero-order valence-corrected chi connectivity index (χ0v) is 12.6. The smallest absolute Gasteiger partial charge is 0.223 e. The number of amides is 1. The van der Waals surface area contributed by atoms with E-state index in [1.165, 1.54) is 0 Å². The summed E-state index contributed by atoms with van der Waals surface area (Å²) < 4.78 is 0. The van der Waals surface area contributed by atoms with Crippen molar-refractivity contribution in [1.29, 1.82) is 0 Å². The average Bonchev–Trinajstić information content (AvgIpc) is 2.47. The molecular formula is C17H25NO3. The van der Waals surface area contributed by atoms with Crippen LogP contribution in [0.3, 0.4) is 0 Å². The number of carbonyl (C=O) groups is 1. The Morgan fingerprint density at radius 3 is 2.48 bits per heavy atom. The van der Waals surface area contributed by atoms with Gasteiger partial charge in [0, 0.05) is 6.54 Å². The molecule has 0 spiro atoms. The van der Waals surface area contributed by atoms with Crippen molar-refractivity contribution in [2.75, 3.05) is 6.54 Å². The highest BCUT2D eigenvalue weighted by molar-refractivity contribution is 5.77. The lowest BCUT2D eigenvalue weighted by molar-refractivity contribution is -0.127. The van der Waals surface area contributed by atoms with Gasteiger partial charge in [-0.25, -0.2) is 0 Å². The Morgan fingerprint density at radius 1 is 1.24 bits per heavy atom. The second kappa shape index (κ2) is 6.58. The lowest BCUT2D eigenvalue weighted by Crippen LogP contribution is -2.45. The third-order valence-electron chi connectivity index (χ3n) is 4.30. The monoisotopic (exact) mass is 291 g/mol. The second-order valence-corrected chi connectivity index (χ2v) is 6.38. The molecule has 4 nitrogen and oxygen atoms in total. The molecular weight excluding hydrogens is 266 g/mol. The summed E-state index contributed by atoms with van der Waals surface area (Å²) in [5, 5.41) is 23.6. The topological polar surface area (TPSA) is 69.6 Å². The molecule has 4 heteroatoms. The van der Waals surface area contributed by atoms with Crippen molar-refractivity contribution in [3.8, 4) is 0 Å². The van der Waals surface area contributed by atoms with Gasteiger partial charge in [0.15, 0.2) is 0 Å². The van der Waals surface area contributed by atoms with Crippen LogP contribution in [0.4, 0.5) is 0 Å². The number of hydrogen-bond acceptors (Lipinski definition) is 3. The first kappa shape index (κ1) is 16.0. The van der Waals surface area contributed by atoms with Gasteiger partial charge in [-0.15, -0.1) is 0 Å². The van der Waals surface area contributed by atoms with Crippen LogP contribution in [0.2, 0.25) is 0 Å². The van der Waals surface area contributed by atoms with Crippen molar-refractivity contribution >= 4 is 5.91 Å². The molecule has 1 aliphatic rings. The van der Waals surface area contributed by atoms with Crippen molar-refractivity contribution in [2.24, 2.45) is 0 Å². The predicted octanol–water partition coefficient (Wildman–Crippen LogP) is 2.10. The minimum atomic E-state index is -1.19. The molecule has 21 heavy (non-hydrogen) atoms. The van der Waals surface area contributed by atoms with Crippen LogP contribution in [0.1, 0.15) is 51.0 Å². The van der Waals surface area contributed by atoms with Crippen LogP contribution in [0.15, 0.2) is 30.3 Å². The summed E-state index contributed by atoms with van der Waals surface area (Å²) >= 11 is 0. The van der Waals surface area contributed by atoms with Gasteiger partial charge in [-0.05, 0) is 25.3 Å². The highest BCUT2D eigenvalue weighted by Gasteiger charge is 2.31. The molecule has 0 bridgehead atoms. The first-order chi connectivity index (χ1) is 9.91. The standard InChI is InChI=1S/C17H25NO3/c1-16(20,14-8-4-2-5-9-14)12-15(19)18-13-17(21)10-6-3-7-11-17/h2,4-5,8-9,20-21H,3,6-7,10-13H2,1H3,(H,18,19). The van der Waals surface area contributed by atoms with Crippen LogP contribution >= 0.6 is 0 Å². The number of hydrogen-bond donors (Lipinski definition) is 3. The van der Waals surface area contributed by atoms with E-state index in [1.54, 1.807) is 6.92 Å². The van der Waals surface area contributed by atoms with Crippen LogP contribution in [0.5, 0.6) is 0 Å². The molecule has 2 rings (SSSR count). The maximum atomic E-state index is 12.0. The second-order valence-electron chi connectivity index (χ2n) is 6.38. The van der Waals surface area contributed by atoms with E-state index in [9.17, 15) is 15.0 Å². The number of benzene rings is 1. The third kappa shape index (κ3) is 4.55. The molecule has 1 atom stereocenters. The molecule has 1 aromatic carbocycles. The molecule has 0 saturated heterocycles. The lowest BCUT2D eigenvalue weighted by atomic mass is 9.84. The summed E-state index contributed by atoms with van der Waals surface area (Å²) in [5.74, 6) is -0.233. The zero-order chi connectivity index (χ0) is 15.3. The minimum absolute atomic E-state index is 0.00685. The van der Waals surface area contributed by atoms with E-state index < -0.39 is 11.2 Å². The summed E-state index contributed by atoms with van der Waals surface area (Å²) in [7, 11) is 0. The van der Waals surface area contributed by atoms with E-state index in [0.717, 1.165) is 37.7 Å². The molecule has 1 unspecified atom stereocenters. The van der Waals surface area contributed by atoms with Crippen LogP contribution in [0.25, 0.3) is 0 Å². The summed E-state index contributed by atoms with van der Waals surface area (Å²) in [6.07, 6.45) is 4.64. The number of nitrogens with one attached hydrogen (secondary N) is 1. The fourth-order valence-electron chi connectivity index (χ4n) is 2.92. The Bertz CT molecular complexity index is 464. The Balaban J connectivity index is 1.86. The van der Waals surface area contributed by atoms with Gasteiger partial charge in [0.1, 0.15) is 0 Å². The van der Waals surface area contributed by atoms with Gasteiger partial charge < -0.3 is 15.5 Å². The summed E-state index contributed by atoms with van der Waals surface area (Å²) in [6.45, 7) is 1.91. The van der Waals surface area contributed by atoms with Crippen LogP contribution in [0, 0.1) is 0 Å². The van der Waals surface area contributed by atoms with Gasteiger partial charge in [-0.1, -0.05) is 49.6 Å². The van der Waals surface area contributed by atoms with Gasteiger partial charge in [-0.2, -0.15) is 0 Å². The molecule has 1 aliphatic carbocycles. The molecule has 116 valence electrons. The van der Waals surface area contributed by atoms with E-state index in [0.29, 0.717) is 0 Å². The van der Waals surface area contributed by atoms with Gasteiger partial charge in [0.2, 0.25) is 5.91 Å². The van der Waals surface area contributed by atoms with E-state index >= 15 is 0 Å². The van der Waals surface area contributed by atoms with E-state index in [4.69, 9.17) is 0 Å². The van der Waals surface area contributed by atoms with Gasteiger partial charge in [-0.3, -0.25) is 4.79 Å². The SMILES string of the molecule is CC(O)(CC(=O)NCC1(O)CCCCC1)c1ccccc1. The molecule has 1 saturated carbocycles. The maximum Gasteiger partial charge on any atom is 0.223 e. The summed E-state index contributed by atoms with van der Waals surface area (Å²) in [4.78, 5) is 12.0. The van der Waals surface area contributed by atoms with Crippen molar-refractivity contribution in [1.82, 2.24) is 5.32 Å². The van der Waals surface area contributed by atoms with Crippen molar-refractivity contribution in [2.45, 2.75) is 56.7 Å². The van der Waals surface area contributed by atoms with Gasteiger partial charge in [0.05, 0.1) is 17.6 Å². The third-order valence-corrected chi connectivity index (χ3v) is 4.30. The average molecular weight is 291 g/mol. The van der Waals surface area contributed by atoms with Crippen LogP contribution < -0.4 is 5.32 Å². The Hall–Kier alpha value is -1.39. The van der Waals surface area contributed by atoms with Crippen molar-refractivity contribution < 1.29 is 15.0 Å². The van der Waals surface area contributed by atoms with Gasteiger partial charge >= 0.3 is 0 Å². The highest BCUT2D eigenvalue weighted by atomic mass is 16.3. The summed E-state index contributed by atoms with van der Waals surface area (Å²) in [5.41, 5.74) is -1.25. The molecule has 0 aliphatic heterocycles. The molecule has 1 aromatic rings. The molecule has 3 N–H and O–H groups in total. The Kier molecular flexibility index (Phi) is 5.01. The van der Waals surface area contributed by atoms with Gasteiger partial charge in [0.25, 0.3) is 0 Å².